The van der Waals surface area contributed by atoms with E-state index in [4.69, 9.17) is 14.2 Å². The summed E-state index contributed by atoms with van der Waals surface area (Å²) in [6.07, 6.45) is 63.0. The molecule has 66 heavy (non-hydrogen) atoms. The highest BCUT2D eigenvalue weighted by Gasteiger charge is 2.19. The summed E-state index contributed by atoms with van der Waals surface area (Å²) < 4.78 is 16.8. The van der Waals surface area contributed by atoms with Gasteiger partial charge in [0.15, 0.2) is 6.10 Å². The maximum atomic E-state index is 12.7. The molecule has 0 aliphatic heterocycles. The van der Waals surface area contributed by atoms with Gasteiger partial charge in [0.1, 0.15) is 13.2 Å². The van der Waals surface area contributed by atoms with Crippen LogP contribution < -0.4 is 0 Å². The summed E-state index contributed by atoms with van der Waals surface area (Å²) in [4.78, 5) is 37.8. The first-order valence-corrected chi connectivity index (χ1v) is 30.0. The van der Waals surface area contributed by atoms with Crippen molar-refractivity contribution in [1.29, 1.82) is 0 Å². The molecule has 1 unspecified atom stereocenters. The second-order valence-electron chi connectivity index (χ2n) is 20.6. The third kappa shape index (κ3) is 53.4. The predicted octanol–water partition coefficient (Wildman–Crippen LogP) is 19.9. The molecule has 0 aromatic carbocycles. The molecular formula is C60H116O6. The number of hydrogen-bond acceptors (Lipinski definition) is 6. The van der Waals surface area contributed by atoms with Gasteiger partial charge in [0.25, 0.3) is 0 Å². The molecule has 0 heterocycles. The highest BCUT2D eigenvalue weighted by atomic mass is 16.6. The molecule has 0 radical (unpaired) electrons. The summed E-state index contributed by atoms with van der Waals surface area (Å²) in [6, 6.07) is 0. The number of carbonyl (C=O) groups excluding carboxylic acids is 3. The van der Waals surface area contributed by atoms with Crippen LogP contribution in [0.25, 0.3) is 0 Å². The Balaban J connectivity index is 3.90. The highest BCUT2D eigenvalue weighted by Crippen LogP contribution is 2.18. The van der Waals surface area contributed by atoms with E-state index in [-0.39, 0.29) is 31.1 Å². The third-order valence-corrected chi connectivity index (χ3v) is 13.9. The van der Waals surface area contributed by atoms with Crippen molar-refractivity contribution in [2.75, 3.05) is 13.2 Å². The summed E-state index contributed by atoms with van der Waals surface area (Å²) in [5.74, 6) is -0.848. The lowest BCUT2D eigenvalue weighted by atomic mass is 10.0. The van der Waals surface area contributed by atoms with Crippen LogP contribution in [-0.4, -0.2) is 37.2 Å². The van der Waals surface area contributed by atoms with Crippen LogP contribution in [0.1, 0.15) is 348 Å². The maximum absolute atomic E-state index is 12.7. The molecule has 0 aliphatic rings. The van der Waals surface area contributed by atoms with Crippen LogP contribution in [0, 0.1) is 0 Å². The molecule has 0 aromatic rings. The van der Waals surface area contributed by atoms with E-state index in [0.717, 1.165) is 57.8 Å². The summed E-state index contributed by atoms with van der Waals surface area (Å²) >= 11 is 0. The lowest BCUT2D eigenvalue weighted by Gasteiger charge is -2.18. The minimum absolute atomic E-state index is 0.0624. The van der Waals surface area contributed by atoms with E-state index in [1.54, 1.807) is 0 Å². The van der Waals surface area contributed by atoms with Gasteiger partial charge >= 0.3 is 17.9 Å². The molecule has 0 saturated heterocycles. The summed E-state index contributed by atoms with van der Waals surface area (Å²) in [6.45, 7) is 6.64. The molecule has 0 aromatic heterocycles. The van der Waals surface area contributed by atoms with Crippen molar-refractivity contribution in [3.63, 3.8) is 0 Å². The Kier molecular flexibility index (Phi) is 54.7. The lowest BCUT2D eigenvalue weighted by Crippen LogP contribution is -2.30. The first-order chi connectivity index (χ1) is 32.5. The minimum Gasteiger partial charge on any atom is -0.462 e. The van der Waals surface area contributed by atoms with Gasteiger partial charge in [-0.05, 0) is 19.3 Å². The van der Waals surface area contributed by atoms with Crippen molar-refractivity contribution >= 4 is 17.9 Å². The van der Waals surface area contributed by atoms with Gasteiger partial charge in [-0.25, -0.2) is 0 Å². The molecule has 0 spiro atoms. The molecule has 0 amide bonds. The Morgan fingerprint density at radius 3 is 0.606 bits per heavy atom. The molecular weight excluding hydrogens is 817 g/mol. The first kappa shape index (κ1) is 64.4. The van der Waals surface area contributed by atoms with Gasteiger partial charge in [-0.1, -0.05) is 310 Å². The molecule has 0 fully saturated rings. The van der Waals surface area contributed by atoms with Crippen LogP contribution in [0.15, 0.2) is 0 Å². The third-order valence-electron chi connectivity index (χ3n) is 13.9. The SMILES string of the molecule is CCCCCCCCCCCCCCCCCCCCCCCCCCCCCCCCC(=O)OCC(COC(=O)CCCCCCCCC)OC(=O)CCCCCCCCCCCCC. The van der Waals surface area contributed by atoms with Gasteiger partial charge in [-0.2, -0.15) is 0 Å². The zero-order valence-corrected chi connectivity index (χ0v) is 45.0. The van der Waals surface area contributed by atoms with Gasteiger partial charge in [-0.3, -0.25) is 14.4 Å². The Labute approximate surface area is 412 Å². The van der Waals surface area contributed by atoms with Crippen LogP contribution in [0.4, 0.5) is 0 Å². The van der Waals surface area contributed by atoms with Gasteiger partial charge < -0.3 is 14.2 Å². The molecule has 392 valence electrons. The molecule has 6 nitrogen and oxygen atoms in total. The molecule has 6 heteroatoms. The van der Waals surface area contributed by atoms with Gasteiger partial charge in [0.05, 0.1) is 0 Å². The maximum Gasteiger partial charge on any atom is 0.306 e. The van der Waals surface area contributed by atoms with Crippen molar-refractivity contribution < 1.29 is 28.6 Å². The predicted molar refractivity (Wildman–Crippen MR) is 284 cm³/mol. The number of hydrogen-bond donors (Lipinski definition) is 0. The van der Waals surface area contributed by atoms with Gasteiger partial charge in [0.2, 0.25) is 0 Å². The van der Waals surface area contributed by atoms with Crippen molar-refractivity contribution in [3.05, 3.63) is 0 Å². The van der Waals surface area contributed by atoms with Crippen LogP contribution in [0.5, 0.6) is 0 Å². The summed E-state index contributed by atoms with van der Waals surface area (Å²) in [5.41, 5.74) is 0. The largest absolute Gasteiger partial charge is 0.462 e. The average Bonchev–Trinajstić information content (AvgIpc) is 3.31. The zero-order valence-electron chi connectivity index (χ0n) is 45.0. The molecule has 0 rings (SSSR count). The monoisotopic (exact) mass is 933 g/mol. The smallest absolute Gasteiger partial charge is 0.306 e. The fraction of sp³-hybridized carbons (Fsp3) is 0.950. The van der Waals surface area contributed by atoms with E-state index < -0.39 is 6.10 Å². The topological polar surface area (TPSA) is 78.9 Å². The second-order valence-corrected chi connectivity index (χ2v) is 20.6. The number of ether oxygens (including phenoxy) is 3. The van der Waals surface area contributed by atoms with Crippen LogP contribution >= 0.6 is 0 Å². The number of unbranched alkanes of at least 4 members (excludes halogenated alkanes) is 45. The summed E-state index contributed by atoms with van der Waals surface area (Å²) in [5, 5.41) is 0. The Morgan fingerprint density at radius 1 is 0.242 bits per heavy atom. The highest BCUT2D eigenvalue weighted by molar-refractivity contribution is 5.71. The van der Waals surface area contributed by atoms with Crippen LogP contribution in [0.3, 0.4) is 0 Å². The van der Waals surface area contributed by atoms with E-state index in [2.05, 4.69) is 20.8 Å². The number of esters is 3. The fourth-order valence-electron chi connectivity index (χ4n) is 9.33. The Bertz CT molecular complexity index is 982. The van der Waals surface area contributed by atoms with Crippen LogP contribution in [0.2, 0.25) is 0 Å². The average molecular weight is 934 g/mol. The Hall–Kier alpha value is -1.59. The standard InChI is InChI=1S/C60H116O6/c1-4-7-10-13-16-18-20-21-22-23-24-25-26-27-28-29-30-31-32-33-34-35-36-37-38-40-41-44-47-50-53-59(62)65-56-57(55-64-58(61)52-49-46-43-15-12-9-6-3)66-60(63)54-51-48-45-42-39-19-17-14-11-8-5-2/h57H,4-56H2,1-3H3. The number of rotatable bonds is 56. The van der Waals surface area contributed by atoms with Gasteiger partial charge in [0, 0.05) is 19.3 Å². The van der Waals surface area contributed by atoms with Crippen molar-refractivity contribution in [2.24, 2.45) is 0 Å². The van der Waals surface area contributed by atoms with Crippen molar-refractivity contribution in [1.82, 2.24) is 0 Å². The second kappa shape index (κ2) is 56.0. The van der Waals surface area contributed by atoms with E-state index in [1.807, 2.05) is 0 Å². The molecule has 0 aliphatic carbocycles. The number of carbonyl (C=O) groups is 3. The van der Waals surface area contributed by atoms with Crippen molar-refractivity contribution in [3.8, 4) is 0 Å². The normalized spacial score (nSPS) is 11.9. The van der Waals surface area contributed by atoms with E-state index >= 15 is 0 Å². The fourth-order valence-corrected chi connectivity index (χ4v) is 9.33. The van der Waals surface area contributed by atoms with E-state index in [0.29, 0.717) is 19.3 Å². The van der Waals surface area contributed by atoms with E-state index in [1.165, 1.54) is 250 Å². The minimum atomic E-state index is -0.759. The van der Waals surface area contributed by atoms with Gasteiger partial charge in [-0.15, -0.1) is 0 Å². The molecule has 1 atom stereocenters. The van der Waals surface area contributed by atoms with E-state index in [9.17, 15) is 14.4 Å². The zero-order chi connectivity index (χ0) is 47.9. The van der Waals surface area contributed by atoms with Crippen LogP contribution in [-0.2, 0) is 28.6 Å². The first-order valence-electron chi connectivity index (χ1n) is 30.0. The quantitative estimate of drug-likeness (QED) is 0.0343. The summed E-state index contributed by atoms with van der Waals surface area (Å²) in [7, 11) is 0. The molecule has 0 bridgehead atoms. The Morgan fingerprint density at radius 2 is 0.409 bits per heavy atom. The van der Waals surface area contributed by atoms with Crippen molar-refractivity contribution in [2.45, 2.75) is 354 Å². The molecule has 0 N–H and O–H groups in total. The molecule has 0 saturated carbocycles. The lowest BCUT2D eigenvalue weighted by molar-refractivity contribution is -0.167.